The quantitative estimate of drug-likeness (QED) is 0.653. The summed E-state index contributed by atoms with van der Waals surface area (Å²) in [7, 11) is 0. The maximum atomic E-state index is 10.7. The molecule has 1 heterocycles. The molecule has 0 N–H and O–H groups in total. The van der Waals surface area contributed by atoms with E-state index in [4.69, 9.17) is 0 Å². The Morgan fingerprint density at radius 2 is 2.33 bits per heavy atom. The van der Waals surface area contributed by atoms with Crippen LogP contribution in [0.4, 0.5) is 0 Å². The predicted molar refractivity (Wildman–Crippen MR) is 50.5 cm³/mol. The van der Waals surface area contributed by atoms with Gasteiger partial charge in [-0.2, -0.15) is 11.3 Å². The zero-order valence-electron chi connectivity index (χ0n) is 7.17. The first-order chi connectivity index (χ1) is 5.76. The first kappa shape index (κ1) is 7.99. The van der Waals surface area contributed by atoms with Gasteiger partial charge in [0.2, 0.25) is 0 Å². The average molecular weight is 180 g/mol. The summed E-state index contributed by atoms with van der Waals surface area (Å²) in [6.07, 6.45) is 4.29. The highest BCUT2D eigenvalue weighted by Gasteiger charge is 2.42. The van der Waals surface area contributed by atoms with Gasteiger partial charge in [-0.05, 0) is 48.1 Å². The minimum absolute atomic E-state index is 0.0336. The molecule has 1 nitrogen and oxygen atoms in total. The van der Waals surface area contributed by atoms with Gasteiger partial charge in [-0.1, -0.05) is 0 Å². The summed E-state index contributed by atoms with van der Waals surface area (Å²) in [4.78, 5) is 10.7. The molecule has 1 saturated carbocycles. The van der Waals surface area contributed by atoms with E-state index in [-0.39, 0.29) is 5.41 Å². The van der Waals surface area contributed by atoms with Crippen molar-refractivity contribution in [3.05, 3.63) is 21.9 Å². The number of rotatable bonds is 3. The summed E-state index contributed by atoms with van der Waals surface area (Å²) in [5.74, 6) is 0. The molecule has 1 fully saturated rings. The molecule has 0 unspecified atom stereocenters. The Labute approximate surface area is 76.4 Å². The summed E-state index contributed by atoms with van der Waals surface area (Å²) in [5, 5.41) is 4.31. The third-order valence-corrected chi connectivity index (χ3v) is 3.56. The van der Waals surface area contributed by atoms with Crippen LogP contribution in [0.5, 0.6) is 0 Å². The number of carbonyl (C=O) groups excluding carboxylic acids is 1. The lowest BCUT2D eigenvalue weighted by molar-refractivity contribution is -0.112. The zero-order chi connectivity index (χ0) is 8.60. The molecule has 1 aromatic heterocycles. The monoisotopic (exact) mass is 180 g/mol. The van der Waals surface area contributed by atoms with E-state index in [0.29, 0.717) is 0 Å². The highest BCUT2D eigenvalue weighted by atomic mass is 32.1. The third-order valence-electron chi connectivity index (χ3n) is 2.65. The van der Waals surface area contributed by atoms with Crippen molar-refractivity contribution in [1.29, 1.82) is 0 Å². The molecule has 0 aromatic carbocycles. The Balaban J connectivity index is 2.13. The Morgan fingerprint density at radius 3 is 2.75 bits per heavy atom. The fourth-order valence-corrected chi connectivity index (χ4v) is 2.30. The number of carbonyl (C=O) groups is 1. The Bertz CT molecular complexity index is 297. The lowest BCUT2D eigenvalue weighted by Crippen LogP contribution is -2.05. The van der Waals surface area contributed by atoms with Crippen LogP contribution in [-0.2, 0) is 11.2 Å². The van der Waals surface area contributed by atoms with Gasteiger partial charge in [0.25, 0.3) is 0 Å². The van der Waals surface area contributed by atoms with Crippen LogP contribution >= 0.6 is 11.3 Å². The van der Waals surface area contributed by atoms with Gasteiger partial charge in [0.15, 0.2) is 0 Å². The van der Waals surface area contributed by atoms with E-state index in [1.807, 2.05) is 0 Å². The Morgan fingerprint density at radius 1 is 1.58 bits per heavy atom. The highest BCUT2D eigenvalue weighted by molar-refractivity contribution is 7.08. The molecule has 1 aliphatic rings. The van der Waals surface area contributed by atoms with Crippen LogP contribution in [-0.4, -0.2) is 6.29 Å². The van der Waals surface area contributed by atoms with Crippen LogP contribution in [0.25, 0.3) is 0 Å². The van der Waals surface area contributed by atoms with Gasteiger partial charge in [0.1, 0.15) is 6.29 Å². The van der Waals surface area contributed by atoms with E-state index in [0.717, 1.165) is 25.5 Å². The fourth-order valence-electron chi connectivity index (χ4n) is 1.44. The topological polar surface area (TPSA) is 17.1 Å². The van der Waals surface area contributed by atoms with Crippen molar-refractivity contribution in [3.8, 4) is 0 Å². The average Bonchev–Trinajstić information content (AvgIpc) is 2.74. The molecule has 0 bridgehead atoms. The van der Waals surface area contributed by atoms with Crippen molar-refractivity contribution in [2.75, 3.05) is 0 Å². The summed E-state index contributed by atoms with van der Waals surface area (Å²) >= 11 is 1.73. The molecule has 1 aliphatic carbocycles. The molecular weight excluding hydrogens is 168 g/mol. The summed E-state index contributed by atoms with van der Waals surface area (Å²) < 4.78 is 0. The second-order valence-electron chi connectivity index (χ2n) is 3.74. The second kappa shape index (κ2) is 2.70. The van der Waals surface area contributed by atoms with Gasteiger partial charge in [-0.15, -0.1) is 0 Å². The van der Waals surface area contributed by atoms with Crippen LogP contribution in [0.1, 0.15) is 24.0 Å². The van der Waals surface area contributed by atoms with Gasteiger partial charge in [-0.3, -0.25) is 0 Å². The number of aryl methyl sites for hydroxylation is 1. The molecule has 0 amide bonds. The number of hydrogen-bond acceptors (Lipinski definition) is 2. The predicted octanol–water partition coefficient (Wildman–Crippen LogP) is 2.58. The van der Waals surface area contributed by atoms with Crippen molar-refractivity contribution in [1.82, 2.24) is 0 Å². The smallest absolute Gasteiger partial charge is 0.126 e. The van der Waals surface area contributed by atoms with E-state index >= 15 is 0 Å². The van der Waals surface area contributed by atoms with E-state index in [2.05, 4.69) is 17.7 Å². The van der Waals surface area contributed by atoms with Crippen molar-refractivity contribution in [3.63, 3.8) is 0 Å². The molecule has 0 atom stereocenters. The first-order valence-corrected chi connectivity index (χ1v) is 5.18. The molecule has 2 heteroatoms. The fraction of sp³-hybridized carbons (Fsp3) is 0.500. The van der Waals surface area contributed by atoms with Gasteiger partial charge < -0.3 is 4.79 Å². The first-order valence-electron chi connectivity index (χ1n) is 4.24. The Hall–Kier alpha value is -0.630. The van der Waals surface area contributed by atoms with Crippen molar-refractivity contribution in [2.45, 2.75) is 26.2 Å². The molecule has 1 aromatic rings. The van der Waals surface area contributed by atoms with E-state index in [1.54, 1.807) is 11.3 Å². The van der Waals surface area contributed by atoms with Crippen molar-refractivity contribution >= 4 is 17.6 Å². The molecule has 64 valence electrons. The SMILES string of the molecule is Cc1cscc1CC1(C=O)CC1. The zero-order valence-corrected chi connectivity index (χ0v) is 7.99. The molecule has 0 radical (unpaired) electrons. The van der Waals surface area contributed by atoms with Crippen molar-refractivity contribution < 1.29 is 4.79 Å². The van der Waals surface area contributed by atoms with Crippen LogP contribution in [0.2, 0.25) is 0 Å². The normalized spacial score (nSPS) is 19.1. The second-order valence-corrected chi connectivity index (χ2v) is 4.48. The Kier molecular flexibility index (Phi) is 1.80. The lowest BCUT2D eigenvalue weighted by atomic mass is 9.98. The maximum absolute atomic E-state index is 10.7. The lowest BCUT2D eigenvalue weighted by Gasteiger charge is -2.05. The van der Waals surface area contributed by atoms with Gasteiger partial charge in [-0.25, -0.2) is 0 Å². The van der Waals surface area contributed by atoms with E-state index < -0.39 is 0 Å². The number of thiophene rings is 1. The van der Waals surface area contributed by atoms with Crippen LogP contribution in [0.15, 0.2) is 10.8 Å². The minimum Gasteiger partial charge on any atom is -0.303 e. The number of aldehydes is 1. The molecule has 12 heavy (non-hydrogen) atoms. The van der Waals surface area contributed by atoms with Gasteiger partial charge >= 0.3 is 0 Å². The summed E-state index contributed by atoms with van der Waals surface area (Å²) in [6.45, 7) is 2.12. The summed E-state index contributed by atoms with van der Waals surface area (Å²) in [5.41, 5.74) is 2.74. The summed E-state index contributed by atoms with van der Waals surface area (Å²) in [6, 6.07) is 0. The van der Waals surface area contributed by atoms with Crippen molar-refractivity contribution in [2.24, 2.45) is 5.41 Å². The molecule has 2 rings (SSSR count). The third kappa shape index (κ3) is 1.31. The standard InChI is InChI=1S/C10H12OS/c1-8-5-12-6-9(8)4-10(7-11)2-3-10/h5-7H,2-4H2,1H3. The number of hydrogen-bond donors (Lipinski definition) is 0. The molecule has 0 aliphatic heterocycles. The van der Waals surface area contributed by atoms with Gasteiger partial charge in [0.05, 0.1) is 0 Å². The molecular formula is C10H12OS. The largest absolute Gasteiger partial charge is 0.303 e. The van der Waals surface area contributed by atoms with E-state index in [1.165, 1.54) is 11.1 Å². The highest BCUT2D eigenvalue weighted by Crippen LogP contribution is 2.46. The minimum atomic E-state index is 0.0336. The van der Waals surface area contributed by atoms with Crippen LogP contribution in [0.3, 0.4) is 0 Å². The van der Waals surface area contributed by atoms with Crippen LogP contribution in [0, 0.1) is 12.3 Å². The van der Waals surface area contributed by atoms with Crippen LogP contribution < -0.4 is 0 Å². The van der Waals surface area contributed by atoms with Gasteiger partial charge in [0, 0.05) is 5.41 Å². The van der Waals surface area contributed by atoms with E-state index in [9.17, 15) is 4.79 Å². The maximum Gasteiger partial charge on any atom is 0.126 e. The molecule has 0 saturated heterocycles. The molecule has 0 spiro atoms.